The highest BCUT2D eigenvalue weighted by molar-refractivity contribution is 6.02. The molecule has 0 bridgehead atoms. The maximum Gasteiger partial charge on any atom is 0.316 e. The van der Waals surface area contributed by atoms with Crippen molar-refractivity contribution in [3.8, 4) is 6.01 Å². The van der Waals surface area contributed by atoms with Crippen molar-refractivity contribution in [3.05, 3.63) is 24.3 Å². The molecule has 0 aliphatic carbocycles. The number of hydrogen-bond donors (Lipinski definition) is 1. The van der Waals surface area contributed by atoms with Gasteiger partial charge in [-0.05, 0) is 0 Å². The molecular weight excluding hydrogens is 224 g/mol. The number of amides is 1. The van der Waals surface area contributed by atoms with Crippen molar-refractivity contribution in [3.63, 3.8) is 0 Å². The van der Waals surface area contributed by atoms with Gasteiger partial charge in [-0.1, -0.05) is 5.21 Å². The Morgan fingerprint density at radius 3 is 2.65 bits per heavy atom. The third kappa shape index (κ3) is 2.54. The Bertz CT molecular complexity index is 521. The molecule has 0 aliphatic heterocycles. The second kappa shape index (κ2) is 4.56. The van der Waals surface area contributed by atoms with Crippen LogP contribution in [-0.2, 0) is 7.05 Å². The van der Waals surface area contributed by atoms with Gasteiger partial charge in [-0.15, -0.1) is 5.10 Å². The SMILES string of the molecule is COc1ncc(NC(=O)c2cn(C)nn2)cn1. The van der Waals surface area contributed by atoms with Crippen LogP contribution in [0.4, 0.5) is 5.69 Å². The molecule has 0 aliphatic rings. The fourth-order valence-corrected chi connectivity index (χ4v) is 1.13. The van der Waals surface area contributed by atoms with Crippen molar-refractivity contribution < 1.29 is 9.53 Å². The number of nitrogens with one attached hydrogen (secondary N) is 1. The molecule has 0 radical (unpaired) electrons. The van der Waals surface area contributed by atoms with Gasteiger partial charge in [0.15, 0.2) is 5.69 Å². The summed E-state index contributed by atoms with van der Waals surface area (Å²) in [7, 11) is 3.15. The third-order valence-corrected chi connectivity index (χ3v) is 1.90. The quantitative estimate of drug-likeness (QED) is 0.794. The van der Waals surface area contributed by atoms with Gasteiger partial charge in [-0.2, -0.15) is 0 Å². The van der Waals surface area contributed by atoms with Crippen molar-refractivity contribution in [2.24, 2.45) is 7.05 Å². The summed E-state index contributed by atoms with van der Waals surface area (Å²) in [5.74, 6) is -0.369. The van der Waals surface area contributed by atoms with E-state index in [0.717, 1.165) is 0 Å². The molecule has 2 aromatic heterocycles. The summed E-state index contributed by atoms with van der Waals surface area (Å²) in [6, 6.07) is 0.238. The van der Waals surface area contributed by atoms with Crippen molar-refractivity contribution in [1.82, 2.24) is 25.0 Å². The number of rotatable bonds is 3. The summed E-state index contributed by atoms with van der Waals surface area (Å²) in [4.78, 5) is 19.4. The van der Waals surface area contributed by atoms with E-state index in [0.29, 0.717) is 5.69 Å². The van der Waals surface area contributed by atoms with Gasteiger partial charge >= 0.3 is 6.01 Å². The molecule has 8 heteroatoms. The second-order valence-electron chi connectivity index (χ2n) is 3.19. The van der Waals surface area contributed by atoms with E-state index in [-0.39, 0.29) is 17.6 Å². The average Bonchev–Trinajstić information content (AvgIpc) is 2.77. The van der Waals surface area contributed by atoms with Crippen LogP contribution >= 0.6 is 0 Å². The van der Waals surface area contributed by atoms with Crippen LogP contribution in [0, 0.1) is 0 Å². The van der Waals surface area contributed by atoms with E-state index < -0.39 is 0 Å². The van der Waals surface area contributed by atoms with E-state index in [9.17, 15) is 4.79 Å². The lowest BCUT2D eigenvalue weighted by atomic mass is 10.4. The summed E-state index contributed by atoms with van der Waals surface area (Å²) >= 11 is 0. The summed E-state index contributed by atoms with van der Waals surface area (Å²) in [6.07, 6.45) is 4.40. The fraction of sp³-hybridized carbons (Fsp3) is 0.222. The van der Waals surface area contributed by atoms with Gasteiger partial charge in [0.2, 0.25) is 0 Å². The van der Waals surface area contributed by atoms with Gasteiger partial charge in [0.05, 0.1) is 31.4 Å². The van der Waals surface area contributed by atoms with Crippen molar-refractivity contribution in [2.75, 3.05) is 12.4 Å². The van der Waals surface area contributed by atoms with Crippen LogP contribution < -0.4 is 10.1 Å². The smallest absolute Gasteiger partial charge is 0.316 e. The molecule has 0 saturated heterocycles. The number of methoxy groups -OCH3 is 1. The van der Waals surface area contributed by atoms with Crippen LogP contribution in [-0.4, -0.2) is 38.0 Å². The standard InChI is InChI=1S/C9H10N6O2/c1-15-5-7(13-14-15)8(16)12-6-3-10-9(17-2)11-4-6/h3-5H,1-2H3,(H,12,16). The first-order valence-corrected chi connectivity index (χ1v) is 4.73. The van der Waals surface area contributed by atoms with E-state index in [1.54, 1.807) is 7.05 Å². The zero-order valence-corrected chi connectivity index (χ0v) is 9.28. The molecule has 1 amide bonds. The van der Waals surface area contributed by atoms with Gasteiger partial charge in [-0.25, -0.2) is 9.97 Å². The van der Waals surface area contributed by atoms with Crippen LogP contribution in [0.5, 0.6) is 6.01 Å². The molecule has 0 saturated carbocycles. The first-order valence-electron chi connectivity index (χ1n) is 4.73. The Balaban J connectivity index is 2.07. The van der Waals surface area contributed by atoms with E-state index in [2.05, 4.69) is 25.6 Å². The van der Waals surface area contributed by atoms with Crippen LogP contribution in [0.15, 0.2) is 18.6 Å². The molecular formula is C9H10N6O2. The Labute approximate surface area is 96.6 Å². The maximum absolute atomic E-state index is 11.7. The first-order chi connectivity index (χ1) is 8.19. The Kier molecular flexibility index (Phi) is 2.95. The van der Waals surface area contributed by atoms with Crippen molar-refractivity contribution >= 4 is 11.6 Å². The number of ether oxygens (including phenoxy) is 1. The molecule has 0 spiro atoms. The summed E-state index contributed by atoms with van der Waals surface area (Å²) in [5.41, 5.74) is 0.685. The highest BCUT2D eigenvalue weighted by atomic mass is 16.5. The summed E-state index contributed by atoms with van der Waals surface area (Å²) in [5, 5.41) is 9.93. The molecule has 8 nitrogen and oxygen atoms in total. The van der Waals surface area contributed by atoms with Crippen molar-refractivity contribution in [2.45, 2.75) is 0 Å². The van der Waals surface area contributed by atoms with Crippen molar-refractivity contribution in [1.29, 1.82) is 0 Å². The molecule has 88 valence electrons. The molecule has 0 fully saturated rings. The molecule has 0 atom stereocenters. The fourth-order valence-electron chi connectivity index (χ4n) is 1.13. The predicted octanol–water partition coefficient (Wildman–Crippen LogP) is -0.134. The highest BCUT2D eigenvalue weighted by Crippen LogP contribution is 2.07. The Morgan fingerprint density at radius 2 is 2.12 bits per heavy atom. The normalized spacial score (nSPS) is 10.0. The lowest BCUT2D eigenvalue weighted by Gasteiger charge is -2.02. The Morgan fingerprint density at radius 1 is 1.41 bits per heavy atom. The van der Waals surface area contributed by atoms with Crippen LogP contribution in [0.25, 0.3) is 0 Å². The van der Waals surface area contributed by atoms with E-state index >= 15 is 0 Å². The Hall–Kier alpha value is -2.51. The average molecular weight is 234 g/mol. The molecule has 2 aromatic rings. The van der Waals surface area contributed by atoms with Gasteiger partial charge in [0.25, 0.3) is 5.91 Å². The van der Waals surface area contributed by atoms with Crippen LogP contribution in [0.1, 0.15) is 10.5 Å². The second-order valence-corrected chi connectivity index (χ2v) is 3.19. The van der Waals surface area contributed by atoms with E-state index in [4.69, 9.17) is 4.74 Å². The predicted molar refractivity (Wildman–Crippen MR) is 57.5 cm³/mol. The first kappa shape index (κ1) is 11.0. The molecule has 2 heterocycles. The van der Waals surface area contributed by atoms with E-state index in [1.165, 1.54) is 30.4 Å². The number of anilines is 1. The van der Waals surface area contributed by atoms with Gasteiger partial charge in [-0.3, -0.25) is 9.48 Å². The summed E-state index contributed by atoms with van der Waals surface area (Å²) in [6.45, 7) is 0. The molecule has 2 rings (SSSR count). The summed E-state index contributed by atoms with van der Waals surface area (Å²) < 4.78 is 6.25. The molecule has 0 aromatic carbocycles. The lowest BCUT2D eigenvalue weighted by Crippen LogP contribution is -2.13. The van der Waals surface area contributed by atoms with Crippen LogP contribution in [0.2, 0.25) is 0 Å². The third-order valence-electron chi connectivity index (χ3n) is 1.90. The zero-order chi connectivity index (χ0) is 12.3. The minimum absolute atomic E-state index is 0.225. The monoisotopic (exact) mass is 234 g/mol. The minimum atomic E-state index is -0.369. The largest absolute Gasteiger partial charge is 0.467 e. The molecule has 17 heavy (non-hydrogen) atoms. The van der Waals surface area contributed by atoms with Crippen LogP contribution in [0.3, 0.4) is 0 Å². The number of aromatic nitrogens is 5. The highest BCUT2D eigenvalue weighted by Gasteiger charge is 2.10. The van der Waals surface area contributed by atoms with E-state index in [1.807, 2.05) is 0 Å². The minimum Gasteiger partial charge on any atom is -0.467 e. The molecule has 0 unspecified atom stereocenters. The number of hydrogen-bond acceptors (Lipinski definition) is 6. The number of nitrogens with zero attached hydrogens (tertiary/aromatic N) is 5. The number of aryl methyl sites for hydroxylation is 1. The molecule has 1 N–H and O–H groups in total. The van der Waals surface area contributed by atoms with Gasteiger partial charge in [0, 0.05) is 7.05 Å². The maximum atomic E-state index is 11.7. The topological polar surface area (TPSA) is 94.8 Å². The van der Waals surface area contributed by atoms with Gasteiger partial charge in [0.1, 0.15) is 0 Å². The zero-order valence-electron chi connectivity index (χ0n) is 9.28. The number of carbonyl (C=O) groups excluding carboxylic acids is 1. The van der Waals surface area contributed by atoms with Gasteiger partial charge < -0.3 is 10.1 Å². The lowest BCUT2D eigenvalue weighted by molar-refractivity contribution is 0.102. The number of carbonyl (C=O) groups is 1.